The maximum absolute atomic E-state index is 7.13. The van der Waals surface area contributed by atoms with Crippen LogP contribution in [-0.2, 0) is 17.1 Å². The Morgan fingerprint density at radius 3 is 2.18 bits per heavy atom. The fourth-order valence-electron chi connectivity index (χ4n) is 1.31. The summed E-state index contributed by atoms with van der Waals surface area (Å²) in [5.41, 5.74) is 3.27. The summed E-state index contributed by atoms with van der Waals surface area (Å²) < 4.78 is 0. The topological polar surface area (TPSA) is 35.2 Å². The first-order chi connectivity index (χ1) is 7.77. The summed E-state index contributed by atoms with van der Waals surface area (Å²) in [6.07, 6.45) is 0. The number of hydrogen-bond donors (Lipinski definition) is 0. The molecule has 0 radical (unpaired) electrons. The van der Waals surface area contributed by atoms with Gasteiger partial charge >= 0.3 is 17.1 Å². The molecule has 0 fully saturated rings. The summed E-state index contributed by atoms with van der Waals surface area (Å²) in [7, 11) is 0. The van der Waals surface area contributed by atoms with Crippen molar-refractivity contribution < 1.29 is 17.1 Å². The second-order valence-corrected chi connectivity index (χ2v) is 3.30. The molecule has 0 atom stereocenters. The third-order valence-electron chi connectivity index (χ3n) is 1.96. The van der Waals surface area contributed by atoms with Crippen LogP contribution in [0.5, 0.6) is 0 Å². The number of aryl methyl sites for hydroxylation is 1. The van der Waals surface area contributed by atoms with Crippen molar-refractivity contribution in [1.82, 2.24) is 4.98 Å². The van der Waals surface area contributed by atoms with Crippen LogP contribution in [0.1, 0.15) is 5.69 Å². The van der Waals surface area contributed by atoms with E-state index in [0.29, 0.717) is 0 Å². The molecular weight excluding hydrogens is 280 g/mol. The first-order valence-corrected chi connectivity index (χ1v) is 5.19. The Kier molecular flexibility index (Phi) is 8.12. The van der Waals surface area contributed by atoms with Gasteiger partial charge in [0.15, 0.2) is 0 Å². The van der Waals surface area contributed by atoms with Crippen LogP contribution < -0.4 is 0 Å². The van der Waals surface area contributed by atoms with E-state index < -0.39 is 0 Å². The van der Waals surface area contributed by atoms with E-state index in [1.54, 1.807) is 0 Å². The number of benzene rings is 1. The molecule has 0 aliphatic heterocycles. The largest absolute Gasteiger partial charge is 1.00 e. The minimum Gasteiger partial charge on any atom is -0.753 e. The Morgan fingerprint density at radius 2 is 1.65 bits per heavy atom. The van der Waals surface area contributed by atoms with Crippen LogP contribution in [0.25, 0.3) is 16.7 Å². The molecule has 2 rings (SSSR count). The van der Waals surface area contributed by atoms with Crippen LogP contribution in [0, 0.1) is 6.92 Å². The Hall–Kier alpha value is -1.31. The van der Waals surface area contributed by atoms with Crippen molar-refractivity contribution in [2.45, 2.75) is 6.92 Å². The molecule has 4 heteroatoms. The molecule has 2 aromatic rings. The summed E-state index contributed by atoms with van der Waals surface area (Å²) in [6.45, 7) is 2.01. The number of nitrogens with zero attached hydrogens (tertiary/aromatic N) is 2. The van der Waals surface area contributed by atoms with Crippen molar-refractivity contribution in [3.63, 3.8) is 0 Å². The van der Waals surface area contributed by atoms with Crippen LogP contribution in [0.4, 0.5) is 0 Å². The van der Waals surface area contributed by atoms with Gasteiger partial charge in [0.2, 0.25) is 0 Å². The molecule has 0 N–H and O–H groups in total. The number of thiocarbonyl (C=S) groups is 1. The molecule has 0 saturated heterocycles. The zero-order valence-corrected chi connectivity index (χ0v) is 11.0. The average Bonchev–Trinajstić information content (AvgIpc) is 2.31. The molecular formula is C13H11CuN2S. The van der Waals surface area contributed by atoms with E-state index >= 15 is 0 Å². The van der Waals surface area contributed by atoms with Crippen molar-refractivity contribution in [1.29, 1.82) is 0 Å². The maximum Gasteiger partial charge on any atom is 1.00 e. The zero-order chi connectivity index (χ0) is 11.8. The van der Waals surface area contributed by atoms with Gasteiger partial charge < -0.3 is 5.41 Å². The Balaban J connectivity index is 0.000000583. The SMILES string of the molecule is Cc1cccc(-c2ccccc2)n1.[Cu+].[N-]=C=S. The Morgan fingerprint density at radius 1 is 1.06 bits per heavy atom. The van der Waals surface area contributed by atoms with E-state index in [0.717, 1.165) is 11.4 Å². The molecule has 0 aliphatic carbocycles. The smallest absolute Gasteiger partial charge is 0.753 e. The third-order valence-corrected chi connectivity index (χ3v) is 1.96. The summed E-state index contributed by atoms with van der Waals surface area (Å²) in [6, 6.07) is 16.3. The predicted molar refractivity (Wildman–Crippen MR) is 70.4 cm³/mol. The van der Waals surface area contributed by atoms with Gasteiger partial charge in [-0.15, -0.1) is 0 Å². The minimum absolute atomic E-state index is 0. The molecule has 1 aromatic heterocycles. The quantitative estimate of drug-likeness (QED) is 0.456. The molecule has 2 nitrogen and oxygen atoms in total. The van der Waals surface area contributed by atoms with Crippen LogP contribution in [-0.4, -0.2) is 10.1 Å². The Bertz CT molecular complexity index is 480. The number of hydrogen-bond acceptors (Lipinski definition) is 2. The summed E-state index contributed by atoms with van der Waals surface area (Å²) >= 11 is 3.70. The monoisotopic (exact) mass is 290 g/mol. The van der Waals surface area contributed by atoms with Crippen molar-refractivity contribution in [3.8, 4) is 11.3 Å². The zero-order valence-electron chi connectivity index (χ0n) is 9.22. The molecule has 0 unspecified atom stereocenters. The Labute approximate surface area is 117 Å². The average molecular weight is 291 g/mol. The maximum atomic E-state index is 7.13. The van der Waals surface area contributed by atoms with Crippen LogP contribution in [0.3, 0.4) is 0 Å². The second-order valence-electron chi connectivity index (χ2n) is 3.12. The first kappa shape index (κ1) is 15.7. The molecule has 0 bridgehead atoms. The molecule has 1 aromatic carbocycles. The summed E-state index contributed by atoms with van der Waals surface area (Å²) in [5, 5.41) is 8.47. The first-order valence-electron chi connectivity index (χ1n) is 4.78. The van der Waals surface area contributed by atoms with E-state index in [4.69, 9.17) is 5.41 Å². The fourth-order valence-corrected chi connectivity index (χ4v) is 1.31. The van der Waals surface area contributed by atoms with Crippen molar-refractivity contribution in [2.24, 2.45) is 0 Å². The fraction of sp³-hybridized carbons (Fsp3) is 0.0769. The summed E-state index contributed by atoms with van der Waals surface area (Å²) in [5.74, 6) is 0. The van der Waals surface area contributed by atoms with Gasteiger partial charge in [0.1, 0.15) is 0 Å². The molecule has 1 heterocycles. The van der Waals surface area contributed by atoms with Gasteiger partial charge in [-0.3, -0.25) is 4.98 Å². The predicted octanol–water partition coefficient (Wildman–Crippen LogP) is 3.71. The number of rotatable bonds is 1. The number of aromatic nitrogens is 1. The van der Waals surface area contributed by atoms with Crippen LogP contribution >= 0.6 is 12.2 Å². The third kappa shape index (κ3) is 5.53. The number of isothiocyanates is 1. The molecule has 17 heavy (non-hydrogen) atoms. The molecule has 0 saturated carbocycles. The van der Waals surface area contributed by atoms with Crippen LogP contribution in [0.2, 0.25) is 0 Å². The van der Waals surface area contributed by atoms with Gasteiger partial charge in [0, 0.05) is 11.3 Å². The van der Waals surface area contributed by atoms with Gasteiger partial charge in [0.25, 0.3) is 0 Å². The molecule has 0 spiro atoms. The molecule has 0 aliphatic rings. The van der Waals surface area contributed by atoms with Gasteiger partial charge in [0.05, 0.1) is 5.69 Å². The van der Waals surface area contributed by atoms with E-state index in [1.807, 2.05) is 43.3 Å². The van der Waals surface area contributed by atoms with Gasteiger partial charge in [-0.2, -0.15) is 5.16 Å². The van der Waals surface area contributed by atoms with E-state index in [-0.39, 0.29) is 17.1 Å². The van der Waals surface area contributed by atoms with Crippen LogP contribution in [0.15, 0.2) is 48.5 Å². The van der Waals surface area contributed by atoms with Crippen molar-refractivity contribution >= 4 is 17.4 Å². The van der Waals surface area contributed by atoms with E-state index in [9.17, 15) is 0 Å². The van der Waals surface area contributed by atoms with Crippen molar-refractivity contribution in [3.05, 3.63) is 59.6 Å². The van der Waals surface area contributed by atoms with E-state index in [1.165, 1.54) is 10.7 Å². The van der Waals surface area contributed by atoms with E-state index in [2.05, 4.69) is 29.3 Å². The molecule has 90 valence electrons. The summed E-state index contributed by atoms with van der Waals surface area (Å²) in [4.78, 5) is 4.44. The van der Waals surface area contributed by atoms with Gasteiger partial charge in [-0.1, -0.05) is 48.6 Å². The molecule has 0 amide bonds. The van der Waals surface area contributed by atoms with Gasteiger partial charge in [-0.25, -0.2) is 0 Å². The normalized spacial score (nSPS) is 8.06. The van der Waals surface area contributed by atoms with Crippen molar-refractivity contribution in [2.75, 3.05) is 0 Å². The minimum atomic E-state index is 0. The standard InChI is InChI=1S/C12H11N.CNS.Cu/c1-10-6-5-9-12(13-10)11-7-3-2-4-8-11;2-1-3;/h2-9H,1H3;;/q;-1;+1. The second kappa shape index (κ2) is 8.80. The van der Waals surface area contributed by atoms with Gasteiger partial charge in [-0.05, 0) is 19.1 Å². The number of pyridine rings is 1.